The second-order valence-electron chi connectivity index (χ2n) is 4.46. The van der Waals surface area contributed by atoms with Crippen LogP contribution < -0.4 is 5.32 Å². The number of carbonyl (C=O) groups is 1. The van der Waals surface area contributed by atoms with Crippen molar-refractivity contribution in [2.75, 3.05) is 27.2 Å². The van der Waals surface area contributed by atoms with Gasteiger partial charge in [0.15, 0.2) is 0 Å². The van der Waals surface area contributed by atoms with Crippen LogP contribution in [0.15, 0.2) is 0 Å². The first-order chi connectivity index (χ1) is 7.10. The number of hydrogen-bond acceptors (Lipinski definition) is 3. The zero-order valence-corrected chi connectivity index (χ0v) is 9.55. The highest BCUT2D eigenvalue weighted by atomic mass is 16.2. The highest BCUT2D eigenvalue weighted by molar-refractivity contribution is 5.86. The zero-order chi connectivity index (χ0) is 11.3. The first-order valence-electron chi connectivity index (χ1n) is 5.45. The normalized spacial score (nSPS) is 18.0. The molecular formula is C11H19N3O. The Morgan fingerprint density at radius 3 is 2.60 bits per heavy atom. The lowest BCUT2D eigenvalue weighted by atomic mass is 9.69. The molecule has 1 aliphatic carbocycles. The van der Waals surface area contributed by atoms with Gasteiger partial charge >= 0.3 is 0 Å². The molecule has 0 aliphatic heterocycles. The van der Waals surface area contributed by atoms with E-state index in [0.29, 0.717) is 6.54 Å². The molecule has 0 aromatic rings. The third kappa shape index (κ3) is 2.93. The summed E-state index contributed by atoms with van der Waals surface area (Å²) in [4.78, 5) is 13.8. The van der Waals surface area contributed by atoms with E-state index >= 15 is 0 Å². The summed E-state index contributed by atoms with van der Waals surface area (Å²) in [5.41, 5.74) is -0.696. The fraction of sp³-hybridized carbons (Fsp3) is 0.818. The van der Waals surface area contributed by atoms with Crippen molar-refractivity contribution in [3.63, 3.8) is 0 Å². The molecular weight excluding hydrogens is 190 g/mol. The van der Waals surface area contributed by atoms with Crippen LogP contribution in [0.1, 0.15) is 25.7 Å². The van der Waals surface area contributed by atoms with Crippen molar-refractivity contribution >= 4 is 5.91 Å². The average Bonchev–Trinajstić information content (AvgIpc) is 2.11. The minimum atomic E-state index is -0.696. The van der Waals surface area contributed by atoms with E-state index in [1.807, 2.05) is 14.1 Å². The van der Waals surface area contributed by atoms with Crippen LogP contribution in [0.5, 0.6) is 0 Å². The Morgan fingerprint density at radius 1 is 1.53 bits per heavy atom. The van der Waals surface area contributed by atoms with Gasteiger partial charge in [0.2, 0.25) is 5.91 Å². The van der Waals surface area contributed by atoms with Gasteiger partial charge in [0, 0.05) is 6.54 Å². The van der Waals surface area contributed by atoms with E-state index in [1.165, 1.54) is 0 Å². The highest BCUT2D eigenvalue weighted by Gasteiger charge is 2.44. The summed E-state index contributed by atoms with van der Waals surface area (Å²) >= 11 is 0. The van der Waals surface area contributed by atoms with Gasteiger partial charge in [0.05, 0.1) is 6.07 Å². The SMILES string of the molecule is CN(C)CCCNC(=O)C1(C#N)CCC1. The van der Waals surface area contributed by atoms with Gasteiger partial charge in [-0.1, -0.05) is 0 Å². The standard InChI is InChI=1S/C11H19N3O/c1-14(2)8-4-7-13-10(15)11(9-12)5-3-6-11/h3-8H2,1-2H3,(H,13,15). The summed E-state index contributed by atoms with van der Waals surface area (Å²) in [5.74, 6) is -0.0741. The molecule has 0 bridgehead atoms. The molecule has 84 valence electrons. The van der Waals surface area contributed by atoms with Gasteiger partial charge in [-0.15, -0.1) is 0 Å². The molecule has 0 atom stereocenters. The Hall–Kier alpha value is -1.08. The minimum absolute atomic E-state index is 0.0741. The molecule has 0 radical (unpaired) electrons. The Labute approximate surface area is 91.2 Å². The van der Waals surface area contributed by atoms with Crippen LogP contribution in [-0.4, -0.2) is 38.0 Å². The molecule has 0 aromatic carbocycles. The number of amides is 1. The Kier molecular flexibility index (Phi) is 4.10. The summed E-state index contributed by atoms with van der Waals surface area (Å²) < 4.78 is 0. The summed E-state index contributed by atoms with van der Waals surface area (Å²) in [6.07, 6.45) is 3.38. The highest BCUT2D eigenvalue weighted by Crippen LogP contribution is 2.40. The van der Waals surface area contributed by atoms with Gasteiger partial charge < -0.3 is 10.2 Å². The molecule has 0 saturated heterocycles. The van der Waals surface area contributed by atoms with Crippen molar-refractivity contribution in [1.29, 1.82) is 5.26 Å². The summed E-state index contributed by atoms with van der Waals surface area (Å²) in [7, 11) is 4.01. The zero-order valence-electron chi connectivity index (χ0n) is 9.55. The number of hydrogen-bond donors (Lipinski definition) is 1. The summed E-state index contributed by atoms with van der Waals surface area (Å²) in [5, 5.41) is 11.8. The number of nitriles is 1. The molecule has 1 rings (SSSR count). The van der Waals surface area contributed by atoms with E-state index < -0.39 is 5.41 Å². The Morgan fingerprint density at radius 2 is 2.20 bits per heavy atom. The third-order valence-electron chi connectivity index (χ3n) is 2.92. The van der Waals surface area contributed by atoms with Crippen LogP contribution in [-0.2, 0) is 4.79 Å². The monoisotopic (exact) mass is 209 g/mol. The van der Waals surface area contributed by atoms with Crippen LogP contribution in [0, 0.1) is 16.7 Å². The minimum Gasteiger partial charge on any atom is -0.355 e. The second-order valence-corrected chi connectivity index (χ2v) is 4.46. The number of nitrogens with zero attached hydrogens (tertiary/aromatic N) is 2. The van der Waals surface area contributed by atoms with Crippen molar-refractivity contribution in [3.8, 4) is 6.07 Å². The predicted molar refractivity (Wildman–Crippen MR) is 58.1 cm³/mol. The number of carbonyl (C=O) groups excluding carboxylic acids is 1. The van der Waals surface area contributed by atoms with Gasteiger partial charge in [0.25, 0.3) is 0 Å². The van der Waals surface area contributed by atoms with Gasteiger partial charge in [-0.2, -0.15) is 5.26 Å². The number of nitrogens with one attached hydrogen (secondary N) is 1. The van der Waals surface area contributed by atoms with Crippen molar-refractivity contribution < 1.29 is 4.79 Å². The van der Waals surface area contributed by atoms with Gasteiger partial charge in [-0.05, 0) is 46.3 Å². The van der Waals surface area contributed by atoms with Crippen LogP contribution in [0.4, 0.5) is 0 Å². The topological polar surface area (TPSA) is 56.1 Å². The predicted octanol–water partition coefficient (Wildman–Crippen LogP) is 0.748. The van der Waals surface area contributed by atoms with E-state index in [2.05, 4.69) is 16.3 Å². The third-order valence-corrected chi connectivity index (χ3v) is 2.92. The van der Waals surface area contributed by atoms with E-state index in [1.54, 1.807) is 0 Å². The maximum Gasteiger partial charge on any atom is 0.240 e. The first-order valence-corrected chi connectivity index (χ1v) is 5.45. The molecule has 0 unspecified atom stereocenters. The molecule has 1 saturated carbocycles. The quantitative estimate of drug-likeness (QED) is 0.680. The van der Waals surface area contributed by atoms with Crippen LogP contribution >= 0.6 is 0 Å². The second kappa shape index (κ2) is 5.13. The van der Waals surface area contributed by atoms with Gasteiger partial charge in [0.1, 0.15) is 5.41 Å². The molecule has 0 heterocycles. The van der Waals surface area contributed by atoms with Crippen LogP contribution in [0.3, 0.4) is 0 Å². The average molecular weight is 209 g/mol. The molecule has 4 heteroatoms. The molecule has 1 amide bonds. The van der Waals surface area contributed by atoms with Crippen molar-refractivity contribution in [3.05, 3.63) is 0 Å². The maximum absolute atomic E-state index is 11.7. The lowest BCUT2D eigenvalue weighted by molar-refractivity contribution is -0.131. The fourth-order valence-electron chi connectivity index (χ4n) is 1.69. The first kappa shape index (κ1) is 12.0. The van der Waals surface area contributed by atoms with Crippen LogP contribution in [0.25, 0.3) is 0 Å². The van der Waals surface area contributed by atoms with Crippen molar-refractivity contribution in [2.45, 2.75) is 25.7 Å². The molecule has 1 aliphatic rings. The largest absolute Gasteiger partial charge is 0.355 e. The van der Waals surface area contributed by atoms with E-state index in [4.69, 9.17) is 5.26 Å². The molecule has 1 fully saturated rings. The fourth-order valence-corrected chi connectivity index (χ4v) is 1.69. The lowest BCUT2D eigenvalue weighted by Gasteiger charge is -2.33. The van der Waals surface area contributed by atoms with Crippen molar-refractivity contribution in [1.82, 2.24) is 10.2 Å². The lowest BCUT2D eigenvalue weighted by Crippen LogP contribution is -2.45. The molecule has 15 heavy (non-hydrogen) atoms. The Bertz CT molecular complexity index is 263. The Balaban J connectivity index is 2.22. The molecule has 0 aromatic heterocycles. The smallest absolute Gasteiger partial charge is 0.240 e. The van der Waals surface area contributed by atoms with Crippen LogP contribution in [0.2, 0.25) is 0 Å². The summed E-state index contributed by atoms with van der Waals surface area (Å²) in [6, 6.07) is 2.14. The molecule has 0 spiro atoms. The van der Waals surface area contributed by atoms with E-state index in [9.17, 15) is 4.79 Å². The van der Waals surface area contributed by atoms with Gasteiger partial charge in [-0.3, -0.25) is 4.79 Å². The van der Waals surface area contributed by atoms with E-state index in [0.717, 1.165) is 32.2 Å². The van der Waals surface area contributed by atoms with Crippen molar-refractivity contribution in [2.24, 2.45) is 5.41 Å². The van der Waals surface area contributed by atoms with E-state index in [-0.39, 0.29) is 5.91 Å². The van der Waals surface area contributed by atoms with Gasteiger partial charge in [-0.25, -0.2) is 0 Å². The summed E-state index contributed by atoms with van der Waals surface area (Å²) in [6.45, 7) is 1.63. The molecule has 1 N–H and O–H groups in total. The maximum atomic E-state index is 11.7. The number of rotatable bonds is 5. The molecule has 4 nitrogen and oxygen atoms in total.